The summed E-state index contributed by atoms with van der Waals surface area (Å²) < 4.78 is 6.93. The first-order chi connectivity index (χ1) is 10.8. The summed E-state index contributed by atoms with van der Waals surface area (Å²) in [6, 6.07) is 16.1. The van der Waals surface area contributed by atoms with Crippen LogP contribution in [0.3, 0.4) is 0 Å². The summed E-state index contributed by atoms with van der Waals surface area (Å²) >= 11 is 1.61. The Hall–Kier alpha value is -2.34. The highest BCUT2D eigenvalue weighted by Crippen LogP contribution is 2.23. The van der Waals surface area contributed by atoms with Crippen LogP contribution in [-0.2, 0) is 5.75 Å². The number of aromatic nitrogens is 4. The first-order valence-corrected chi connectivity index (χ1v) is 7.86. The molecule has 6 heteroatoms. The molecule has 5 nitrogen and oxygen atoms in total. The average Bonchev–Trinajstić information content (AvgIpc) is 3.02. The molecule has 0 atom stereocenters. The van der Waals surface area contributed by atoms with Gasteiger partial charge in [0.2, 0.25) is 5.16 Å². The van der Waals surface area contributed by atoms with E-state index in [4.69, 9.17) is 4.74 Å². The third-order valence-electron chi connectivity index (χ3n) is 3.21. The third-order valence-corrected chi connectivity index (χ3v) is 4.20. The molecule has 0 aliphatic carbocycles. The van der Waals surface area contributed by atoms with Crippen LogP contribution in [0.15, 0.2) is 53.7 Å². The highest BCUT2D eigenvalue weighted by Gasteiger charge is 2.09. The first kappa shape index (κ1) is 14.6. The number of methoxy groups -OCH3 is 1. The van der Waals surface area contributed by atoms with Crippen LogP contribution in [0.25, 0.3) is 5.69 Å². The van der Waals surface area contributed by atoms with E-state index in [0.29, 0.717) is 0 Å². The third kappa shape index (κ3) is 3.28. The minimum absolute atomic E-state index is 0.779. The van der Waals surface area contributed by atoms with E-state index in [9.17, 15) is 0 Å². The molecule has 0 bridgehead atoms. The van der Waals surface area contributed by atoms with E-state index < -0.39 is 0 Å². The van der Waals surface area contributed by atoms with E-state index >= 15 is 0 Å². The lowest BCUT2D eigenvalue weighted by atomic mass is 10.2. The lowest BCUT2D eigenvalue weighted by Gasteiger charge is -2.06. The number of tetrazole rings is 1. The molecule has 3 rings (SSSR count). The molecule has 0 aliphatic heterocycles. The maximum absolute atomic E-state index is 5.16. The van der Waals surface area contributed by atoms with Crippen LogP contribution < -0.4 is 4.74 Å². The largest absolute Gasteiger partial charge is 0.497 e. The van der Waals surface area contributed by atoms with Crippen molar-refractivity contribution in [2.75, 3.05) is 7.11 Å². The van der Waals surface area contributed by atoms with Crippen molar-refractivity contribution >= 4 is 11.8 Å². The van der Waals surface area contributed by atoms with Gasteiger partial charge in [0, 0.05) is 5.75 Å². The fourth-order valence-corrected chi connectivity index (χ4v) is 2.91. The van der Waals surface area contributed by atoms with E-state index in [1.54, 1.807) is 23.6 Å². The predicted octanol–water partition coefficient (Wildman–Crippen LogP) is 3.27. The molecule has 3 aromatic rings. The molecular formula is C16H16N4OS. The van der Waals surface area contributed by atoms with Gasteiger partial charge in [-0.05, 0) is 52.7 Å². The van der Waals surface area contributed by atoms with Gasteiger partial charge in [0.05, 0.1) is 12.8 Å². The standard InChI is InChI=1S/C16H16N4OS/c1-12-4-3-5-14(10-12)20-16(17-18-19-20)22-11-13-6-8-15(21-2)9-7-13/h3-10H,11H2,1-2H3. The normalized spacial score (nSPS) is 10.6. The Kier molecular flexibility index (Phi) is 4.39. The topological polar surface area (TPSA) is 52.8 Å². The number of nitrogens with zero attached hydrogens (tertiary/aromatic N) is 4. The molecule has 0 fully saturated rings. The van der Waals surface area contributed by atoms with Crippen LogP contribution in [0.1, 0.15) is 11.1 Å². The molecule has 0 amide bonds. The van der Waals surface area contributed by atoms with Gasteiger partial charge >= 0.3 is 0 Å². The zero-order valence-corrected chi connectivity index (χ0v) is 13.2. The van der Waals surface area contributed by atoms with E-state index in [1.807, 2.05) is 36.4 Å². The van der Waals surface area contributed by atoms with Gasteiger partial charge in [-0.1, -0.05) is 36.0 Å². The Morgan fingerprint density at radius 3 is 2.68 bits per heavy atom. The predicted molar refractivity (Wildman–Crippen MR) is 86.4 cm³/mol. The number of aryl methyl sites for hydroxylation is 1. The maximum atomic E-state index is 5.16. The number of hydrogen-bond acceptors (Lipinski definition) is 5. The van der Waals surface area contributed by atoms with Crippen molar-refractivity contribution in [3.8, 4) is 11.4 Å². The van der Waals surface area contributed by atoms with E-state index in [0.717, 1.165) is 22.3 Å². The van der Waals surface area contributed by atoms with E-state index in [-0.39, 0.29) is 0 Å². The van der Waals surface area contributed by atoms with Crippen molar-refractivity contribution in [1.29, 1.82) is 0 Å². The summed E-state index contributed by atoms with van der Waals surface area (Å²) in [5.74, 6) is 1.66. The Labute approximate surface area is 133 Å². The highest BCUT2D eigenvalue weighted by atomic mass is 32.2. The zero-order chi connectivity index (χ0) is 15.4. The summed E-state index contributed by atoms with van der Waals surface area (Å²) in [6.07, 6.45) is 0. The first-order valence-electron chi connectivity index (χ1n) is 6.87. The smallest absolute Gasteiger partial charge is 0.214 e. The fraction of sp³-hybridized carbons (Fsp3) is 0.188. The van der Waals surface area contributed by atoms with Crippen molar-refractivity contribution in [3.63, 3.8) is 0 Å². The number of thioether (sulfide) groups is 1. The monoisotopic (exact) mass is 312 g/mol. The van der Waals surface area contributed by atoms with Crippen LogP contribution in [-0.4, -0.2) is 27.3 Å². The summed E-state index contributed by atoms with van der Waals surface area (Å²) in [5.41, 5.74) is 3.35. The number of hydrogen-bond donors (Lipinski definition) is 0. The number of ether oxygens (including phenoxy) is 1. The molecule has 0 N–H and O–H groups in total. The molecule has 0 spiro atoms. The minimum Gasteiger partial charge on any atom is -0.497 e. The summed E-state index contributed by atoms with van der Waals surface area (Å²) in [7, 11) is 1.67. The molecule has 2 aromatic carbocycles. The molecule has 112 valence electrons. The van der Waals surface area contributed by atoms with Crippen molar-refractivity contribution in [1.82, 2.24) is 20.2 Å². The molecule has 0 unspecified atom stereocenters. The molecule has 0 saturated carbocycles. The lowest BCUT2D eigenvalue weighted by molar-refractivity contribution is 0.414. The quantitative estimate of drug-likeness (QED) is 0.677. The highest BCUT2D eigenvalue weighted by molar-refractivity contribution is 7.98. The van der Waals surface area contributed by atoms with Crippen molar-refractivity contribution in [3.05, 3.63) is 59.7 Å². The molecule has 0 saturated heterocycles. The van der Waals surface area contributed by atoms with Gasteiger partial charge in [0.15, 0.2) is 0 Å². The Morgan fingerprint density at radius 1 is 1.14 bits per heavy atom. The van der Waals surface area contributed by atoms with Crippen LogP contribution in [0.5, 0.6) is 5.75 Å². The van der Waals surface area contributed by atoms with E-state index in [1.165, 1.54) is 11.1 Å². The molecule has 1 heterocycles. The number of benzene rings is 2. The van der Waals surface area contributed by atoms with Gasteiger partial charge in [-0.2, -0.15) is 4.68 Å². The van der Waals surface area contributed by atoms with Gasteiger partial charge in [-0.15, -0.1) is 5.10 Å². The van der Waals surface area contributed by atoms with Crippen molar-refractivity contribution in [2.45, 2.75) is 17.8 Å². The number of rotatable bonds is 5. The fourth-order valence-electron chi connectivity index (χ4n) is 2.06. The average molecular weight is 312 g/mol. The maximum Gasteiger partial charge on any atom is 0.214 e. The molecular weight excluding hydrogens is 296 g/mol. The van der Waals surface area contributed by atoms with Gasteiger partial charge < -0.3 is 4.74 Å². The summed E-state index contributed by atoms with van der Waals surface area (Å²) in [6.45, 7) is 2.05. The summed E-state index contributed by atoms with van der Waals surface area (Å²) in [4.78, 5) is 0. The van der Waals surface area contributed by atoms with Gasteiger partial charge in [-0.3, -0.25) is 0 Å². The Balaban J connectivity index is 1.75. The molecule has 22 heavy (non-hydrogen) atoms. The zero-order valence-electron chi connectivity index (χ0n) is 12.4. The summed E-state index contributed by atoms with van der Waals surface area (Å²) in [5, 5.41) is 12.8. The van der Waals surface area contributed by atoms with Gasteiger partial charge in [-0.25, -0.2) is 0 Å². The minimum atomic E-state index is 0.779. The van der Waals surface area contributed by atoms with Crippen molar-refractivity contribution < 1.29 is 4.74 Å². The Bertz CT molecular complexity index is 755. The second kappa shape index (κ2) is 6.62. The van der Waals surface area contributed by atoms with Crippen molar-refractivity contribution in [2.24, 2.45) is 0 Å². The molecule has 1 aromatic heterocycles. The van der Waals surface area contributed by atoms with Crippen LogP contribution in [0.2, 0.25) is 0 Å². The van der Waals surface area contributed by atoms with E-state index in [2.05, 4.69) is 34.6 Å². The van der Waals surface area contributed by atoms with Gasteiger partial charge in [0.25, 0.3) is 0 Å². The molecule has 0 aliphatic rings. The van der Waals surface area contributed by atoms with Gasteiger partial charge in [0.1, 0.15) is 5.75 Å². The van der Waals surface area contributed by atoms with Crippen LogP contribution >= 0.6 is 11.8 Å². The second-order valence-corrected chi connectivity index (χ2v) is 5.79. The van der Waals surface area contributed by atoms with Crippen LogP contribution in [0, 0.1) is 6.92 Å². The molecule has 0 radical (unpaired) electrons. The Morgan fingerprint density at radius 2 is 1.95 bits per heavy atom. The SMILES string of the molecule is COc1ccc(CSc2nnnn2-c2cccc(C)c2)cc1. The lowest BCUT2D eigenvalue weighted by Crippen LogP contribution is -1.99. The second-order valence-electron chi connectivity index (χ2n) is 4.85. The van der Waals surface area contributed by atoms with Crippen LogP contribution in [0.4, 0.5) is 0 Å².